The van der Waals surface area contributed by atoms with E-state index in [4.69, 9.17) is 0 Å². The van der Waals surface area contributed by atoms with E-state index in [0.29, 0.717) is 11.0 Å². The van der Waals surface area contributed by atoms with Crippen molar-refractivity contribution in [2.75, 3.05) is 6.54 Å². The second-order valence-corrected chi connectivity index (χ2v) is 10.3. The zero-order chi connectivity index (χ0) is 18.9. The van der Waals surface area contributed by atoms with E-state index in [2.05, 4.69) is 5.32 Å². The maximum absolute atomic E-state index is 12.7. The largest absolute Gasteiger partial charge is 0.502 e. The van der Waals surface area contributed by atoms with Gasteiger partial charge in [0.25, 0.3) is 5.91 Å². The van der Waals surface area contributed by atoms with Gasteiger partial charge in [-0.25, -0.2) is 0 Å². The molecule has 6 nitrogen and oxygen atoms in total. The minimum absolute atomic E-state index is 0.223. The first-order valence-corrected chi connectivity index (χ1v) is 10.8. The van der Waals surface area contributed by atoms with Crippen molar-refractivity contribution in [1.82, 2.24) is 5.32 Å². The summed E-state index contributed by atoms with van der Waals surface area (Å²) in [5.74, 6) is 7.56. The molecular weight excluding hydrogens is 356 g/mol. The van der Waals surface area contributed by atoms with Crippen LogP contribution >= 0.6 is 0 Å². The predicted octanol–water partition coefficient (Wildman–Crippen LogP) is 3.20. The van der Waals surface area contributed by atoms with Crippen molar-refractivity contribution in [2.45, 2.75) is 25.7 Å². The van der Waals surface area contributed by atoms with Gasteiger partial charge in [-0.05, 0) is 96.5 Å². The van der Waals surface area contributed by atoms with E-state index in [1.807, 2.05) is 0 Å². The van der Waals surface area contributed by atoms with Gasteiger partial charge < -0.3 is 10.4 Å². The second-order valence-electron chi connectivity index (χ2n) is 10.3. The van der Waals surface area contributed by atoms with Crippen molar-refractivity contribution in [3.05, 3.63) is 33.9 Å². The summed E-state index contributed by atoms with van der Waals surface area (Å²) in [6.45, 7) is 0.753. The smallest absolute Gasteiger partial charge is 0.310 e. The van der Waals surface area contributed by atoms with Gasteiger partial charge in [0, 0.05) is 18.2 Å². The molecule has 0 aromatic heterocycles. The number of amides is 1. The number of nitrogens with one attached hydrogen (secondary N) is 1. The lowest BCUT2D eigenvalue weighted by molar-refractivity contribution is -0.459. The zero-order valence-electron chi connectivity index (χ0n) is 15.6. The molecule has 0 heterocycles. The molecule has 6 aliphatic rings. The molecule has 8 unspecified atom stereocenters. The molecular formula is C22H24N2O4. The van der Waals surface area contributed by atoms with Crippen molar-refractivity contribution >= 4 is 11.6 Å². The number of nitro groups is 1. The Hall–Kier alpha value is -2.11. The van der Waals surface area contributed by atoms with Gasteiger partial charge in [0.1, 0.15) is 0 Å². The minimum atomic E-state index is -0.638. The fourth-order valence-corrected chi connectivity index (χ4v) is 9.17. The number of phenols is 1. The number of nitro benzene ring substituents is 1. The van der Waals surface area contributed by atoms with Crippen LogP contribution in [0.25, 0.3) is 0 Å². The lowest BCUT2D eigenvalue weighted by atomic mass is 9.11. The summed E-state index contributed by atoms with van der Waals surface area (Å²) in [7, 11) is 0. The molecule has 8 atom stereocenters. The van der Waals surface area contributed by atoms with Crippen LogP contribution < -0.4 is 5.32 Å². The Kier molecular flexibility index (Phi) is 2.66. The first-order chi connectivity index (χ1) is 13.5. The Labute approximate surface area is 162 Å². The number of benzene rings is 1. The van der Waals surface area contributed by atoms with Crippen molar-refractivity contribution in [1.29, 1.82) is 0 Å². The topological polar surface area (TPSA) is 92.5 Å². The first kappa shape index (κ1) is 15.8. The Morgan fingerprint density at radius 1 is 1.07 bits per heavy atom. The molecule has 0 spiro atoms. The van der Waals surface area contributed by atoms with Crippen LogP contribution in [0, 0.1) is 68.8 Å². The average Bonchev–Trinajstić information content (AvgIpc) is 2.62. The standard InChI is InChI=1S/C22H24N2O4/c25-15-7-9(1-6-14(15)24(27)28)21(26)23-8-22-18-12-4-2-10(12)16(18)20(22)17-11-3-5-13(11)19(17)22/h1,6-7,10-13,16-20,25H,2-5,8H2,(H,23,26). The molecule has 0 saturated heterocycles. The third-order valence-corrected chi connectivity index (χ3v) is 10.2. The quantitative estimate of drug-likeness (QED) is 0.477. The van der Waals surface area contributed by atoms with Gasteiger partial charge in [-0.2, -0.15) is 0 Å². The minimum Gasteiger partial charge on any atom is -0.502 e. The number of hydrogen-bond acceptors (Lipinski definition) is 4. The lowest BCUT2D eigenvalue weighted by Gasteiger charge is -2.93. The SMILES string of the molecule is O=C(NCC12C3C4CCC4C3C1C1C3CCC3C12)c1ccc([N+](=O)[O-])c(O)c1. The van der Waals surface area contributed by atoms with Gasteiger partial charge in [0.2, 0.25) is 0 Å². The number of nitrogens with zero attached hydrogens (tertiary/aromatic N) is 1. The molecule has 6 aliphatic carbocycles. The predicted molar refractivity (Wildman–Crippen MR) is 99.4 cm³/mol. The van der Waals surface area contributed by atoms with E-state index in [1.165, 1.54) is 43.9 Å². The average molecular weight is 380 g/mol. The van der Waals surface area contributed by atoms with E-state index in [9.17, 15) is 20.0 Å². The molecule has 6 fully saturated rings. The van der Waals surface area contributed by atoms with Crippen LogP contribution in [-0.4, -0.2) is 22.5 Å². The molecule has 1 aromatic rings. The highest BCUT2D eigenvalue weighted by Crippen LogP contribution is 2.92. The maximum atomic E-state index is 12.7. The highest BCUT2D eigenvalue weighted by atomic mass is 16.6. The number of aromatic hydroxyl groups is 1. The number of hydrogen-bond donors (Lipinski definition) is 2. The number of carbonyl (C=O) groups is 1. The molecule has 6 heteroatoms. The summed E-state index contributed by atoms with van der Waals surface area (Å²) in [5, 5.41) is 23.9. The fourth-order valence-electron chi connectivity index (χ4n) is 9.17. The molecule has 28 heavy (non-hydrogen) atoms. The molecule has 0 aliphatic heterocycles. The van der Waals surface area contributed by atoms with Crippen LogP contribution in [0.4, 0.5) is 5.69 Å². The van der Waals surface area contributed by atoms with Crippen LogP contribution in [0.1, 0.15) is 36.0 Å². The fraction of sp³-hybridized carbons (Fsp3) is 0.682. The number of carbonyl (C=O) groups excluding carboxylic acids is 1. The lowest BCUT2D eigenvalue weighted by Crippen LogP contribution is -2.91. The normalized spacial score (nSPS) is 50.1. The van der Waals surface area contributed by atoms with Gasteiger partial charge in [-0.3, -0.25) is 14.9 Å². The van der Waals surface area contributed by atoms with E-state index in [-0.39, 0.29) is 11.6 Å². The highest BCUT2D eigenvalue weighted by Gasteiger charge is 2.89. The van der Waals surface area contributed by atoms with E-state index in [1.54, 1.807) is 0 Å². The van der Waals surface area contributed by atoms with Gasteiger partial charge >= 0.3 is 5.69 Å². The Morgan fingerprint density at radius 3 is 2.18 bits per heavy atom. The molecule has 146 valence electrons. The summed E-state index contributed by atoms with van der Waals surface area (Å²) < 4.78 is 0. The van der Waals surface area contributed by atoms with E-state index >= 15 is 0 Å². The molecule has 2 N–H and O–H groups in total. The first-order valence-electron chi connectivity index (χ1n) is 10.8. The van der Waals surface area contributed by atoms with Gasteiger partial charge in [-0.15, -0.1) is 0 Å². The summed E-state index contributed by atoms with van der Waals surface area (Å²) in [6.07, 6.45) is 5.63. The van der Waals surface area contributed by atoms with Gasteiger partial charge in [0.05, 0.1) is 4.92 Å². The number of rotatable bonds is 4. The van der Waals surface area contributed by atoms with Crippen LogP contribution in [0.3, 0.4) is 0 Å². The monoisotopic (exact) mass is 380 g/mol. The molecule has 1 aromatic carbocycles. The van der Waals surface area contributed by atoms with Crippen LogP contribution in [0.2, 0.25) is 0 Å². The third-order valence-electron chi connectivity index (χ3n) is 10.2. The number of fused-ring (bicyclic) bond motifs is 13. The summed E-state index contributed by atoms with van der Waals surface area (Å²) >= 11 is 0. The molecule has 0 radical (unpaired) electrons. The summed E-state index contributed by atoms with van der Waals surface area (Å²) in [4.78, 5) is 23.0. The maximum Gasteiger partial charge on any atom is 0.310 e. The zero-order valence-corrected chi connectivity index (χ0v) is 15.6. The second kappa shape index (κ2) is 4.71. The molecule has 7 rings (SSSR count). The summed E-state index contributed by atoms with van der Waals surface area (Å²) in [5.41, 5.74) is 0.277. The van der Waals surface area contributed by atoms with E-state index < -0.39 is 10.7 Å². The van der Waals surface area contributed by atoms with Gasteiger partial charge in [-0.1, -0.05) is 0 Å². The molecule has 0 bridgehead atoms. The third kappa shape index (κ3) is 1.45. The highest BCUT2D eigenvalue weighted by molar-refractivity contribution is 5.95. The number of phenolic OH excluding ortho intramolecular Hbond substituents is 1. The van der Waals surface area contributed by atoms with Crippen LogP contribution in [0.5, 0.6) is 5.75 Å². The van der Waals surface area contributed by atoms with E-state index in [0.717, 1.165) is 59.8 Å². The Balaban J connectivity index is 1.12. The Morgan fingerprint density at radius 2 is 1.68 bits per heavy atom. The van der Waals surface area contributed by atoms with Crippen molar-refractivity contribution in [2.24, 2.45) is 58.7 Å². The molecule has 6 saturated carbocycles. The van der Waals surface area contributed by atoms with Crippen LogP contribution in [-0.2, 0) is 0 Å². The Bertz CT molecular complexity index is 912. The van der Waals surface area contributed by atoms with Crippen LogP contribution in [0.15, 0.2) is 18.2 Å². The summed E-state index contributed by atoms with van der Waals surface area (Å²) in [6, 6.07) is 3.86. The van der Waals surface area contributed by atoms with Gasteiger partial charge in [0.15, 0.2) is 5.75 Å². The molecule has 1 amide bonds. The van der Waals surface area contributed by atoms with Crippen molar-refractivity contribution in [3.63, 3.8) is 0 Å². The van der Waals surface area contributed by atoms with Crippen molar-refractivity contribution < 1.29 is 14.8 Å². The van der Waals surface area contributed by atoms with Crippen molar-refractivity contribution in [3.8, 4) is 5.75 Å².